The van der Waals surface area contributed by atoms with Gasteiger partial charge >= 0.3 is 18.9 Å². The Labute approximate surface area is 100 Å². The molecular formula is C12H19LiO. The topological polar surface area (TPSA) is 9.23 Å². The summed E-state index contributed by atoms with van der Waals surface area (Å²) < 4.78 is 4.83. The fourth-order valence-electron chi connectivity index (χ4n) is 0.855. The summed E-state index contributed by atoms with van der Waals surface area (Å²) in [5.74, 6) is 0. The van der Waals surface area contributed by atoms with Crippen LogP contribution in [0.2, 0.25) is 0 Å². The Morgan fingerprint density at radius 3 is 2.00 bits per heavy atom. The summed E-state index contributed by atoms with van der Waals surface area (Å²) in [6.45, 7) is 7.80. The Kier molecular flexibility index (Phi) is 14.8. The van der Waals surface area contributed by atoms with Crippen LogP contribution in [-0.4, -0.2) is 13.2 Å². The largest absolute Gasteiger partial charge is 1.00 e. The van der Waals surface area contributed by atoms with E-state index in [2.05, 4.69) is 19.1 Å². The SMILES string of the molecule is CCOCC.CCc1[c-]cccc1.[Li+]. The molecule has 0 radical (unpaired) electrons. The first kappa shape index (κ1) is 16.2. The van der Waals surface area contributed by atoms with Gasteiger partial charge < -0.3 is 4.74 Å². The fourth-order valence-corrected chi connectivity index (χ4v) is 0.855. The molecule has 0 atom stereocenters. The monoisotopic (exact) mass is 186 g/mol. The van der Waals surface area contributed by atoms with E-state index in [-0.39, 0.29) is 18.9 Å². The van der Waals surface area contributed by atoms with Crippen LogP contribution in [0.1, 0.15) is 26.3 Å². The molecule has 0 saturated carbocycles. The van der Waals surface area contributed by atoms with Crippen molar-refractivity contribution < 1.29 is 23.6 Å². The van der Waals surface area contributed by atoms with E-state index in [4.69, 9.17) is 4.74 Å². The molecule has 0 amide bonds. The minimum Gasteiger partial charge on any atom is -0.382 e. The van der Waals surface area contributed by atoms with Crippen molar-refractivity contribution in [3.63, 3.8) is 0 Å². The first-order chi connectivity index (χ1) is 6.35. The molecule has 74 valence electrons. The Morgan fingerprint density at radius 1 is 1.14 bits per heavy atom. The predicted molar refractivity (Wildman–Crippen MR) is 56.8 cm³/mol. The molecular weight excluding hydrogens is 167 g/mol. The van der Waals surface area contributed by atoms with E-state index in [0.717, 1.165) is 19.6 Å². The third-order valence-electron chi connectivity index (χ3n) is 1.56. The van der Waals surface area contributed by atoms with Crippen molar-refractivity contribution >= 4 is 0 Å². The third kappa shape index (κ3) is 9.86. The average molecular weight is 186 g/mol. The first-order valence-electron chi connectivity index (χ1n) is 4.88. The second-order valence-corrected chi connectivity index (χ2v) is 2.52. The maximum atomic E-state index is 4.83. The molecule has 1 rings (SSSR count). The first-order valence-corrected chi connectivity index (χ1v) is 4.88. The molecule has 0 aliphatic carbocycles. The summed E-state index contributed by atoms with van der Waals surface area (Å²) in [5, 5.41) is 0. The van der Waals surface area contributed by atoms with Crippen LogP contribution >= 0.6 is 0 Å². The van der Waals surface area contributed by atoms with Gasteiger partial charge in [-0.25, -0.2) is 0 Å². The van der Waals surface area contributed by atoms with Gasteiger partial charge in [0.2, 0.25) is 0 Å². The zero-order valence-corrected chi connectivity index (χ0v) is 9.84. The second-order valence-electron chi connectivity index (χ2n) is 2.52. The van der Waals surface area contributed by atoms with Crippen LogP contribution < -0.4 is 18.9 Å². The zero-order valence-electron chi connectivity index (χ0n) is 9.84. The van der Waals surface area contributed by atoms with Crippen LogP contribution in [-0.2, 0) is 11.2 Å². The molecule has 2 heteroatoms. The normalized spacial score (nSPS) is 8.21. The Bertz CT molecular complexity index is 185. The van der Waals surface area contributed by atoms with Crippen molar-refractivity contribution in [1.82, 2.24) is 0 Å². The van der Waals surface area contributed by atoms with Gasteiger partial charge in [-0.3, -0.25) is 0 Å². The van der Waals surface area contributed by atoms with Crippen molar-refractivity contribution in [2.24, 2.45) is 0 Å². The van der Waals surface area contributed by atoms with Crippen LogP contribution in [0.4, 0.5) is 0 Å². The molecule has 0 heterocycles. The summed E-state index contributed by atoms with van der Waals surface area (Å²) in [6.07, 6.45) is 1.08. The van der Waals surface area contributed by atoms with Crippen LogP contribution in [0.3, 0.4) is 0 Å². The van der Waals surface area contributed by atoms with E-state index in [0.29, 0.717) is 0 Å². The molecule has 14 heavy (non-hydrogen) atoms. The van der Waals surface area contributed by atoms with Gasteiger partial charge in [0.05, 0.1) is 0 Å². The minimum atomic E-state index is 0. The van der Waals surface area contributed by atoms with E-state index < -0.39 is 0 Å². The molecule has 0 aliphatic heterocycles. The van der Waals surface area contributed by atoms with Crippen LogP contribution in [0.25, 0.3) is 0 Å². The van der Waals surface area contributed by atoms with Gasteiger partial charge in [0, 0.05) is 13.2 Å². The van der Waals surface area contributed by atoms with Crippen LogP contribution in [0, 0.1) is 6.07 Å². The molecule has 0 N–H and O–H groups in total. The molecule has 0 unspecified atom stereocenters. The molecule has 1 aromatic rings. The smallest absolute Gasteiger partial charge is 0.382 e. The molecule has 0 aromatic heterocycles. The van der Waals surface area contributed by atoms with Crippen LogP contribution in [0.15, 0.2) is 24.3 Å². The number of hydrogen-bond donors (Lipinski definition) is 0. The van der Waals surface area contributed by atoms with Crippen molar-refractivity contribution in [2.75, 3.05) is 13.2 Å². The Morgan fingerprint density at radius 2 is 1.79 bits per heavy atom. The summed E-state index contributed by atoms with van der Waals surface area (Å²) in [7, 11) is 0. The summed E-state index contributed by atoms with van der Waals surface area (Å²) >= 11 is 0. The van der Waals surface area contributed by atoms with Gasteiger partial charge in [0.15, 0.2) is 0 Å². The summed E-state index contributed by atoms with van der Waals surface area (Å²) in [5.41, 5.74) is 1.28. The molecule has 0 aliphatic rings. The van der Waals surface area contributed by atoms with E-state index >= 15 is 0 Å². The van der Waals surface area contributed by atoms with E-state index in [9.17, 15) is 0 Å². The maximum absolute atomic E-state index is 4.83. The van der Waals surface area contributed by atoms with Gasteiger partial charge in [-0.15, -0.1) is 0 Å². The standard InChI is InChI=1S/C8H9.C4H10O.Li/c1-2-8-6-4-3-5-7-8;1-3-5-4-2;/h3-6H,2H2,1H3;3-4H2,1-2H3;/q-1;;+1. The third-order valence-corrected chi connectivity index (χ3v) is 1.56. The van der Waals surface area contributed by atoms with Gasteiger partial charge in [-0.1, -0.05) is 13.3 Å². The number of benzene rings is 1. The van der Waals surface area contributed by atoms with E-state index in [1.807, 2.05) is 32.0 Å². The predicted octanol–water partition coefficient (Wildman–Crippen LogP) is 0.0960. The second kappa shape index (κ2) is 12.8. The van der Waals surface area contributed by atoms with Crippen LogP contribution in [0.5, 0.6) is 0 Å². The van der Waals surface area contributed by atoms with Gasteiger partial charge in [-0.2, -0.15) is 35.9 Å². The fraction of sp³-hybridized carbons (Fsp3) is 0.500. The van der Waals surface area contributed by atoms with E-state index in [1.54, 1.807) is 0 Å². The van der Waals surface area contributed by atoms with Gasteiger partial charge in [-0.05, 0) is 13.8 Å². The molecule has 1 aromatic carbocycles. The molecule has 0 bridgehead atoms. The molecule has 0 fully saturated rings. The van der Waals surface area contributed by atoms with Gasteiger partial charge in [0.1, 0.15) is 0 Å². The summed E-state index contributed by atoms with van der Waals surface area (Å²) in [4.78, 5) is 0. The van der Waals surface area contributed by atoms with Gasteiger partial charge in [0.25, 0.3) is 0 Å². The van der Waals surface area contributed by atoms with Crippen molar-refractivity contribution in [1.29, 1.82) is 0 Å². The minimum absolute atomic E-state index is 0. The molecule has 0 spiro atoms. The zero-order chi connectivity index (χ0) is 9.94. The Hall–Kier alpha value is -0.223. The average Bonchev–Trinajstić information content (AvgIpc) is 2.21. The summed E-state index contributed by atoms with van der Waals surface area (Å²) in [6, 6.07) is 11.2. The Balaban J connectivity index is 0. The number of aryl methyl sites for hydroxylation is 1. The maximum Gasteiger partial charge on any atom is 1.00 e. The molecule has 1 nitrogen and oxygen atoms in total. The van der Waals surface area contributed by atoms with E-state index in [1.165, 1.54) is 5.56 Å². The molecule has 0 saturated heterocycles. The number of hydrogen-bond acceptors (Lipinski definition) is 1. The quantitative estimate of drug-likeness (QED) is 0.480. The number of ether oxygens (including phenoxy) is 1. The van der Waals surface area contributed by atoms with Crippen molar-refractivity contribution in [3.05, 3.63) is 35.9 Å². The van der Waals surface area contributed by atoms with Crippen molar-refractivity contribution in [3.8, 4) is 0 Å². The van der Waals surface area contributed by atoms with Crippen molar-refractivity contribution in [2.45, 2.75) is 27.2 Å². The number of rotatable bonds is 3.